The first-order chi connectivity index (χ1) is 12.6. The van der Waals surface area contributed by atoms with Crippen LogP contribution in [-0.4, -0.2) is 41.3 Å². The largest absolute Gasteiger partial charge is 0.352 e. The quantitative estimate of drug-likeness (QED) is 0.897. The summed E-state index contributed by atoms with van der Waals surface area (Å²) in [6.45, 7) is 1.74. The second-order valence-corrected chi connectivity index (χ2v) is 6.45. The van der Waals surface area contributed by atoms with Crippen LogP contribution in [0.2, 0.25) is 0 Å². The SMILES string of the molecule is O=C(NCCC(=O)N1CCC(c2ccncc2)CC1)c1ccc(F)cc1. The van der Waals surface area contributed by atoms with Crippen molar-refractivity contribution in [1.82, 2.24) is 15.2 Å². The maximum Gasteiger partial charge on any atom is 0.251 e. The summed E-state index contributed by atoms with van der Waals surface area (Å²) in [5, 5.41) is 2.71. The molecule has 136 valence electrons. The molecule has 26 heavy (non-hydrogen) atoms. The van der Waals surface area contributed by atoms with Crippen molar-refractivity contribution in [2.45, 2.75) is 25.2 Å². The Hall–Kier alpha value is -2.76. The van der Waals surface area contributed by atoms with Gasteiger partial charge in [-0.1, -0.05) is 0 Å². The van der Waals surface area contributed by atoms with Crippen LogP contribution < -0.4 is 5.32 Å². The lowest BCUT2D eigenvalue weighted by Crippen LogP contribution is -2.39. The van der Waals surface area contributed by atoms with E-state index in [1.807, 2.05) is 17.0 Å². The van der Waals surface area contributed by atoms with Crippen LogP contribution in [0.15, 0.2) is 48.8 Å². The third-order valence-electron chi connectivity index (χ3n) is 4.76. The van der Waals surface area contributed by atoms with Crippen molar-refractivity contribution >= 4 is 11.8 Å². The smallest absolute Gasteiger partial charge is 0.251 e. The van der Waals surface area contributed by atoms with Crippen LogP contribution in [0.25, 0.3) is 0 Å². The fourth-order valence-corrected chi connectivity index (χ4v) is 3.24. The van der Waals surface area contributed by atoms with Crippen LogP contribution in [0.5, 0.6) is 0 Å². The maximum atomic E-state index is 12.9. The van der Waals surface area contributed by atoms with E-state index in [-0.39, 0.29) is 30.6 Å². The molecule has 0 radical (unpaired) electrons. The number of hydrogen-bond acceptors (Lipinski definition) is 3. The molecular weight excluding hydrogens is 333 g/mol. The highest BCUT2D eigenvalue weighted by molar-refractivity contribution is 5.94. The summed E-state index contributed by atoms with van der Waals surface area (Å²) in [7, 11) is 0. The summed E-state index contributed by atoms with van der Waals surface area (Å²) < 4.78 is 12.9. The molecule has 1 aromatic heterocycles. The van der Waals surface area contributed by atoms with Gasteiger partial charge in [0.05, 0.1) is 0 Å². The van der Waals surface area contributed by atoms with Crippen molar-refractivity contribution in [3.05, 3.63) is 65.7 Å². The average Bonchev–Trinajstić information content (AvgIpc) is 2.69. The van der Waals surface area contributed by atoms with Crippen LogP contribution in [-0.2, 0) is 4.79 Å². The van der Waals surface area contributed by atoms with Gasteiger partial charge in [0.25, 0.3) is 5.91 Å². The standard InChI is InChI=1S/C20H22FN3O2/c21-18-3-1-17(2-4-18)20(26)23-12-7-19(25)24-13-8-16(9-14-24)15-5-10-22-11-6-15/h1-6,10-11,16H,7-9,12-14H2,(H,23,26). The Labute approximate surface area is 152 Å². The predicted octanol–water partition coefficient (Wildman–Crippen LogP) is 2.75. The number of carbonyl (C=O) groups is 2. The van der Waals surface area contributed by atoms with E-state index in [1.54, 1.807) is 12.4 Å². The number of piperidine rings is 1. The third kappa shape index (κ3) is 4.65. The van der Waals surface area contributed by atoms with Gasteiger partial charge >= 0.3 is 0 Å². The van der Waals surface area contributed by atoms with E-state index in [9.17, 15) is 14.0 Å². The van der Waals surface area contributed by atoms with E-state index < -0.39 is 0 Å². The van der Waals surface area contributed by atoms with Crippen LogP contribution >= 0.6 is 0 Å². The third-order valence-corrected chi connectivity index (χ3v) is 4.76. The van der Waals surface area contributed by atoms with Gasteiger partial charge in [-0.2, -0.15) is 0 Å². The first kappa shape index (κ1) is 18.0. The number of rotatable bonds is 5. The van der Waals surface area contributed by atoms with Gasteiger partial charge < -0.3 is 10.2 Å². The molecular formula is C20H22FN3O2. The summed E-state index contributed by atoms with van der Waals surface area (Å²) in [6, 6.07) is 9.41. The Kier molecular flexibility index (Phi) is 5.94. The molecule has 1 aliphatic rings. The first-order valence-electron chi connectivity index (χ1n) is 8.85. The van der Waals surface area contributed by atoms with Crippen molar-refractivity contribution in [3.8, 4) is 0 Å². The van der Waals surface area contributed by atoms with E-state index >= 15 is 0 Å². The monoisotopic (exact) mass is 355 g/mol. The van der Waals surface area contributed by atoms with Gasteiger partial charge in [-0.3, -0.25) is 14.6 Å². The molecule has 2 amide bonds. The molecule has 0 atom stereocenters. The lowest BCUT2D eigenvalue weighted by molar-refractivity contribution is -0.132. The van der Waals surface area contributed by atoms with Gasteiger partial charge in [0, 0.05) is 44.0 Å². The summed E-state index contributed by atoms with van der Waals surface area (Å²) in [5.41, 5.74) is 1.66. The van der Waals surface area contributed by atoms with Crippen molar-refractivity contribution < 1.29 is 14.0 Å². The molecule has 0 spiro atoms. The number of hydrogen-bond donors (Lipinski definition) is 1. The van der Waals surface area contributed by atoms with E-state index in [2.05, 4.69) is 10.3 Å². The minimum atomic E-state index is -0.383. The van der Waals surface area contributed by atoms with Gasteiger partial charge in [0.15, 0.2) is 0 Å². The molecule has 0 bridgehead atoms. The fraction of sp³-hybridized carbons (Fsp3) is 0.350. The molecule has 6 heteroatoms. The van der Waals surface area contributed by atoms with Crippen LogP contribution in [0.3, 0.4) is 0 Å². The zero-order chi connectivity index (χ0) is 18.4. The number of benzene rings is 1. The molecule has 0 aliphatic carbocycles. The molecule has 0 unspecified atom stereocenters. The van der Waals surface area contributed by atoms with Gasteiger partial charge in [0.2, 0.25) is 5.91 Å². The van der Waals surface area contributed by atoms with Gasteiger partial charge in [-0.15, -0.1) is 0 Å². The van der Waals surface area contributed by atoms with Crippen molar-refractivity contribution in [2.75, 3.05) is 19.6 Å². The molecule has 1 aliphatic heterocycles. The Morgan fingerprint density at radius 3 is 2.38 bits per heavy atom. The minimum absolute atomic E-state index is 0.0533. The Morgan fingerprint density at radius 2 is 1.73 bits per heavy atom. The average molecular weight is 355 g/mol. The predicted molar refractivity (Wildman–Crippen MR) is 96.1 cm³/mol. The number of carbonyl (C=O) groups excluding carboxylic acids is 2. The number of pyridine rings is 1. The molecule has 1 aromatic carbocycles. The lowest BCUT2D eigenvalue weighted by Gasteiger charge is -2.32. The first-order valence-corrected chi connectivity index (χ1v) is 8.85. The fourth-order valence-electron chi connectivity index (χ4n) is 3.24. The highest BCUT2D eigenvalue weighted by atomic mass is 19.1. The molecule has 1 fully saturated rings. The lowest BCUT2D eigenvalue weighted by atomic mass is 9.90. The maximum absolute atomic E-state index is 12.9. The van der Waals surface area contributed by atoms with Crippen LogP contribution in [0.1, 0.15) is 41.1 Å². The van der Waals surface area contributed by atoms with E-state index in [1.165, 1.54) is 29.8 Å². The number of aromatic nitrogens is 1. The molecule has 2 aromatic rings. The number of halogens is 1. The second kappa shape index (κ2) is 8.56. The normalized spacial score (nSPS) is 14.9. The summed E-state index contributed by atoms with van der Waals surface area (Å²) in [4.78, 5) is 30.2. The Balaban J connectivity index is 1.40. The number of amides is 2. The zero-order valence-electron chi connectivity index (χ0n) is 14.5. The summed E-state index contributed by atoms with van der Waals surface area (Å²) in [5.74, 6) is -0.154. The molecule has 3 rings (SSSR count). The molecule has 5 nitrogen and oxygen atoms in total. The number of likely N-dealkylation sites (tertiary alicyclic amines) is 1. The van der Waals surface area contributed by atoms with E-state index in [0.29, 0.717) is 11.5 Å². The van der Waals surface area contributed by atoms with Crippen molar-refractivity contribution in [3.63, 3.8) is 0 Å². The number of nitrogens with one attached hydrogen (secondary N) is 1. The topological polar surface area (TPSA) is 62.3 Å². The van der Waals surface area contributed by atoms with Gasteiger partial charge in [-0.25, -0.2) is 4.39 Å². The molecule has 1 saturated heterocycles. The van der Waals surface area contributed by atoms with Gasteiger partial charge in [-0.05, 0) is 60.7 Å². The second-order valence-electron chi connectivity index (χ2n) is 6.45. The highest BCUT2D eigenvalue weighted by Crippen LogP contribution is 2.27. The van der Waals surface area contributed by atoms with Crippen LogP contribution in [0.4, 0.5) is 4.39 Å². The Morgan fingerprint density at radius 1 is 1.08 bits per heavy atom. The van der Waals surface area contributed by atoms with E-state index in [0.717, 1.165) is 25.9 Å². The summed E-state index contributed by atoms with van der Waals surface area (Å²) >= 11 is 0. The van der Waals surface area contributed by atoms with Crippen molar-refractivity contribution in [2.24, 2.45) is 0 Å². The van der Waals surface area contributed by atoms with Crippen LogP contribution in [0, 0.1) is 5.82 Å². The molecule has 0 saturated carbocycles. The van der Waals surface area contributed by atoms with E-state index in [4.69, 9.17) is 0 Å². The molecule has 2 heterocycles. The zero-order valence-corrected chi connectivity index (χ0v) is 14.5. The van der Waals surface area contributed by atoms with Gasteiger partial charge in [0.1, 0.15) is 5.82 Å². The summed E-state index contributed by atoms with van der Waals surface area (Å²) in [6.07, 6.45) is 5.76. The minimum Gasteiger partial charge on any atom is -0.352 e. The van der Waals surface area contributed by atoms with Crippen molar-refractivity contribution in [1.29, 1.82) is 0 Å². The molecule has 1 N–H and O–H groups in total. The highest BCUT2D eigenvalue weighted by Gasteiger charge is 2.23. The Bertz CT molecular complexity index is 741. The number of nitrogens with zero attached hydrogens (tertiary/aromatic N) is 2.